The van der Waals surface area contributed by atoms with E-state index < -0.39 is 0 Å². The zero-order chi connectivity index (χ0) is 21.8. The van der Waals surface area contributed by atoms with Crippen LogP contribution in [0, 0.1) is 23.2 Å². The van der Waals surface area contributed by atoms with Crippen LogP contribution in [0.4, 0.5) is 0 Å². The van der Waals surface area contributed by atoms with Crippen molar-refractivity contribution in [3.63, 3.8) is 0 Å². The molecule has 2 aromatic rings. The summed E-state index contributed by atoms with van der Waals surface area (Å²) in [7, 11) is 0. The van der Waals surface area contributed by atoms with Gasteiger partial charge in [-0.1, -0.05) is 19.9 Å². The minimum atomic E-state index is -0.1000. The van der Waals surface area contributed by atoms with Gasteiger partial charge in [0.1, 0.15) is 17.0 Å². The number of carbonyl (C=O) groups excluding carboxylic acids is 2. The Labute approximate surface area is 183 Å². The summed E-state index contributed by atoms with van der Waals surface area (Å²) >= 11 is 0. The van der Waals surface area contributed by atoms with Crippen LogP contribution in [-0.2, 0) is 0 Å². The number of piperazine rings is 1. The van der Waals surface area contributed by atoms with Crippen molar-refractivity contribution in [1.82, 2.24) is 24.9 Å². The van der Waals surface area contributed by atoms with Crippen LogP contribution < -0.4 is 10.6 Å². The van der Waals surface area contributed by atoms with Gasteiger partial charge in [-0.15, -0.1) is 0 Å². The number of carbonyl (C=O) groups is 2. The third-order valence-electron chi connectivity index (χ3n) is 8.13. The monoisotopic (exact) mass is 423 g/mol. The molecule has 2 bridgehead atoms. The van der Waals surface area contributed by atoms with Crippen LogP contribution in [0.15, 0.2) is 24.4 Å². The van der Waals surface area contributed by atoms with Gasteiger partial charge in [-0.2, -0.15) is 0 Å². The molecule has 1 aliphatic heterocycles. The van der Waals surface area contributed by atoms with Gasteiger partial charge in [0, 0.05) is 38.4 Å². The van der Waals surface area contributed by atoms with Gasteiger partial charge in [0.05, 0.1) is 0 Å². The van der Waals surface area contributed by atoms with E-state index in [1.54, 1.807) is 16.7 Å². The van der Waals surface area contributed by atoms with Crippen LogP contribution in [0.1, 0.15) is 61.0 Å². The summed E-state index contributed by atoms with van der Waals surface area (Å²) in [5.41, 5.74) is 1.96. The highest BCUT2D eigenvalue weighted by atomic mass is 16.2. The number of hydrogen-bond acceptors (Lipinski definition) is 4. The van der Waals surface area contributed by atoms with Gasteiger partial charge in [0.25, 0.3) is 11.8 Å². The third kappa shape index (κ3) is 3.53. The number of amides is 2. The smallest absolute Gasteiger partial charge is 0.274 e. The van der Waals surface area contributed by atoms with Crippen LogP contribution in [0.25, 0.3) is 5.65 Å². The molecule has 6 rings (SSSR count). The van der Waals surface area contributed by atoms with Gasteiger partial charge >= 0.3 is 0 Å². The van der Waals surface area contributed by atoms with Crippen LogP contribution in [0.3, 0.4) is 0 Å². The molecule has 1 saturated heterocycles. The molecule has 31 heavy (non-hydrogen) atoms. The number of nitrogens with one attached hydrogen (secondary N) is 2. The number of pyridine rings is 1. The Hall–Kier alpha value is -2.41. The maximum atomic E-state index is 13.0. The second-order valence-corrected chi connectivity index (χ2v) is 10.3. The van der Waals surface area contributed by atoms with Crippen molar-refractivity contribution in [2.45, 2.75) is 46.1 Å². The minimum absolute atomic E-state index is 0.0765. The van der Waals surface area contributed by atoms with Gasteiger partial charge in [-0.05, 0) is 61.5 Å². The molecule has 2 N–H and O–H groups in total. The Balaban J connectivity index is 1.30. The second kappa shape index (κ2) is 7.62. The van der Waals surface area contributed by atoms with E-state index in [4.69, 9.17) is 0 Å². The Morgan fingerprint density at radius 1 is 1.29 bits per heavy atom. The molecule has 2 amide bonds. The van der Waals surface area contributed by atoms with E-state index in [1.165, 1.54) is 19.3 Å². The molecular weight excluding hydrogens is 390 g/mol. The van der Waals surface area contributed by atoms with Crippen molar-refractivity contribution >= 4 is 17.5 Å². The first-order valence-corrected chi connectivity index (χ1v) is 11.6. The fourth-order valence-corrected chi connectivity index (χ4v) is 6.10. The summed E-state index contributed by atoms with van der Waals surface area (Å²) in [4.78, 5) is 32.3. The molecule has 4 aliphatic rings. The Kier molecular flexibility index (Phi) is 5.04. The molecule has 4 atom stereocenters. The van der Waals surface area contributed by atoms with Crippen LogP contribution in [0.5, 0.6) is 0 Å². The zero-order valence-corrected chi connectivity index (χ0v) is 18.7. The molecule has 0 spiro atoms. The first-order valence-electron chi connectivity index (χ1n) is 11.6. The van der Waals surface area contributed by atoms with Gasteiger partial charge in [0.2, 0.25) is 0 Å². The molecular formula is C24H33N5O2. The Morgan fingerprint density at radius 2 is 2.13 bits per heavy atom. The fraction of sp³-hybridized carbons (Fsp3) is 0.625. The van der Waals surface area contributed by atoms with E-state index in [0.29, 0.717) is 47.4 Å². The fourth-order valence-electron chi connectivity index (χ4n) is 6.10. The molecule has 0 unspecified atom stereocenters. The van der Waals surface area contributed by atoms with E-state index in [-0.39, 0.29) is 17.9 Å². The first kappa shape index (κ1) is 20.5. The van der Waals surface area contributed by atoms with E-state index in [2.05, 4.69) is 36.4 Å². The normalized spacial score (nSPS) is 29.5. The Morgan fingerprint density at radius 3 is 2.87 bits per heavy atom. The Bertz CT molecular complexity index is 1010. The first-order chi connectivity index (χ1) is 14.8. The lowest BCUT2D eigenvalue weighted by atomic mass is 9.45. The standard InChI is InChI=1S/C24H33N5O2/c1-15-13-28(10-9-25-15)23(31)19-14-29-20(5-4-6-21(29)27-19)22(30)26-12-16-7-8-17-11-18(16)24(17,2)3/h4-6,14-18,25H,7-13H2,1-3H3,(H,26,30)/t15-,16+,17-,18-/m0/s1. The molecule has 3 heterocycles. The summed E-state index contributed by atoms with van der Waals surface area (Å²) in [5, 5.41) is 6.52. The summed E-state index contributed by atoms with van der Waals surface area (Å²) < 4.78 is 1.75. The quantitative estimate of drug-likeness (QED) is 0.792. The molecule has 2 aromatic heterocycles. The number of aromatic nitrogens is 2. The molecule has 166 valence electrons. The molecule has 7 heteroatoms. The van der Waals surface area contributed by atoms with Crippen molar-refractivity contribution in [3.8, 4) is 0 Å². The maximum Gasteiger partial charge on any atom is 0.274 e. The largest absolute Gasteiger partial charge is 0.350 e. The molecule has 4 fully saturated rings. The molecule has 7 nitrogen and oxygen atoms in total. The van der Waals surface area contributed by atoms with Crippen molar-refractivity contribution in [1.29, 1.82) is 0 Å². The van der Waals surface area contributed by atoms with Gasteiger partial charge in [-0.3, -0.25) is 14.0 Å². The highest BCUT2D eigenvalue weighted by Crippen LogP contribution is 2.61. The predicted octanol–water partition coefficient (Wildman–Crippen LogP) is 2.57. The number of imidazole rings is 1. The second-order valence-electron chi connectivity index (χ2n) is 10.3. The lowest BCUT2D eigenvalue weighted by Crippen LogP contribution is -2.54. The lowest BCUT2D eigenvalue weighted by Gasteiger charge is -2.60. The average Bonchev–Trinajstić information content (AvgIpc) is 3.21. The summed E-state index contributed by atoms with van der Waals surface area (Å²) in [6, 6.07) is 5.74. The van der Waals surface area contributed by atoms with Crippen molar-refractivity contribution in [2.75, 3.05) is 26.2 Å². The lowest BCUT2D eigenvalue weighted by molar-refractivity contribution is -0.103. The van der Waals surface area contributed by atoms with E-state index in [1.807, 2.05) is 17.0 Å². The molecule has 3 saturated carbocycles. The van der Waals surface area contributed by atoms with E-state index in [9.17, 15) is 9.59 Å². The van der Waals surface area contributed by atoms with Crippen LogP contribution >= 0.6 is 0 Å². The minimum Gasteiger partial charge on any atom is -0.350 e. The van der Waals surface area contributed by atoms with Crippen molar-refractivity contribution < 1.29 is 9.59 Å². The van der Waals surface area contributed by atoms with E-state index in [0.717, 1.165) is 19.0 Å². The highest BCUT2D eigenvalue weighted by molar-refractivity contribution is 5.95. The number of nitrogens with zero attached hydrogens (tertiary/aromatic N) is 3. The van der Waals surface area contributed by atoms with Crippen LogP contribution in [0.2, 0.25) is 0 Å². The van der Waals surface area contributed by atoms with Gasteiger partial charge < -0.3 is 15.5 Å². The SMILES string of the molecule is C[C@H]1CN(C(=O)c2cn3c(C(=O)NC[C@H]4CC[C@H]5C[C@@H]4C5(C)C)cccc3n2)CCN1. The molecule has 0 aromatic carbocycles. The predicted molar refractivity (Wildman–Crippen MR) is 119 cm³/mol. The highest BCUT2D eigenvalue weighted by Gasteiger charge is 2.53. The number of rotatable bonds is 4. The summed E-state index contributed by atoms with van der Waals surface area (Å²) in [6.45, 7) is 9.67. The van der Waals surface area contributed by atoms with Crippen LogP contribution in [-0.4, -0.2) is 58.3 Å². The van der Waals surface area contributed by atoms with Crippen molar-refractivity contribution in [3.05, 3.63) is 35.8 Å². The van der Waals surface area contributed by atoms with E-state index >= 15 is 0 Å². The molecule has 0 radical (unpaired) electrons. The van der Waals surface area contributed by atoms with Gasteiger partial charge in [0.15, 0.2) is 0 Å². The third-order valence-corrected chi connectivity index (χ3v) is 8.13. The average molecular weight is 424 g/mol. The molecule has 3 aliphatic carbocycles. The maximum absolute atomic E-state index is 13.0. The summed E-state index contributed by atoms with van der Waals surface area (Å²) in [6.07, 6.45) is 5.49. The van der Waals surface area contributed by atoms with Gasteiger partial charge in [-0.25, -0.2) is 4.98 Å². The summed E-state index contributed by atoms with van der Waals surface area (Å²) in [5.74, 6) is 1.95. The zero-order valence-electron chi connectivity index (χ0n) is 18.7. The van der Waals surface area contributed by atoms with Crippen molar-refractivity contribution in [2.24, 2.45) is 23.2 Å². The topological polar surface area (TPSA) is 78.7 Å². The number of hydrogen-bond donors (Lipinski definition) is 2. The number of fused-ring (bicyclic) bond motifs is 3.